The highest BCUT2D eigenvalue weighted by Crippen LogP contribution is 2.25. The second-order valence-corrected chi connectivity index (χ2v) is 5.60. The second-order valence-electron chi connectivity index (χ2n) is 4.72. The van der Waals surface area contributed by atoms with Crippen LogP contribution in [0.5, 0.6) is 0 Å². The van der Waals surface area contributed by atoms with Gasteiger partial charge in [-0.1, -0.05) is 13.8 Å². The number of hydrogen-bond acceptors (Lipinski definition) is 4. The summed E-state index contributed by atoms with van der Waals surface area (Å²) < 4.78 is 0. The average molecular weight is 282 g/mol. The summed E-state index contributed by atoms with van der Waals surface area (Å²) in [5.74, 6) is 0.00744. The van der Waals surface area contributed by atoms with E-state index in [9.17, 15) is 14.9 Å². The van der Waals surface area contributed by atoms with Crippen LogP contribution in [-0.2, 0) is 0 Å². The molecule has 0 heterocycles. The van der Waals surface area contributed by atoms with E-state index in [-0.39, 0.29) is 17.2 Å². The molecule has 0 aromatic heterocycles. The van der Waals surface area contributed by atoms with Gasteiger partial charge in [0.15, 0.2) is 0 Å². The molecule has 19 heavy (non-hydrogen) atoms. The lowest BCUT2D eigenvalue weighted by Gasteiger charge is -2.19. The molecule has 0 atom stereocenters. The van der Waals surface area contributed by atoms with Crippen molar-refractivity contribution >= 4 is 23.4 Å². The average Bonchev–Trinajstić information content (AvgIpc) is 2.36. The SMILES string of the molecule is CSc1ccc([N+](=O)[O-])c(C(=O)N(C)CC(C)C)c1. The van der Waals surface area contributed by atoms with Gasteiger partial charge in [0.25, 0.3) is 11.6 Å². The molecule has 1 aromatic carbocycles. The fourth-order valence-electron chi connectivity index (χ4n) is 1.81. The van der Waals surface area contributed by atoms with Crippen molar-refractivity contribution in [1.82, 2.24) is 4.90 Å². The molecule has 0 radical (unpaired) electrons. The molecule has 0 N–H and O–H groups in total. The second kappa shape index (κ2) is 6.56. The smallest absolute Gasteiger partial charge is 0.282 e. The van der Waals surface area contributed by atoms with Crippen LogP contribution in [0.3, 0.4) is 0 Å². The van der Waals surface area contributed by atoms with Gasteiger partial charge in [-0.05, 0) is 24.3 Å². The molecular formula is C13H18N2O3S. The molecule has 104 valence electrons. The zero-order valence-corrected chi connectivity index (χ0v) is 12.4. The first-order chi connectivity index (χ1) is 8.86. The predicted octanol–water partition coefficient (Wildman–Crippen LogP) is 3.04. The van der Waals surface area contributed by atoms with E-state index in [0.29, 0.717) is 12.5 Å². The monoisotopic (exact) mass is 282 g/mol. The van der Waals surface area contributed by atoms with Crippen LogP contribution in [0.25, 0.3) is 0 Å². The number of carbonyl (C=O) groups excluding carboxylic acids is 1. The topological polar surface area (TPSA) is 63.5 Å². The van der Waals surface area contributed by atoms with Crippen LogP contribution in [0.4, 0.5) is 5.69 Å². The van der Waals surface area contributed by atoms with Crippen LogP contribution in [0.1, 0.15) is 24.2 Å². The zero-order valence-electron chi connectivity index (χ0n) is 11.5. The largest absolute Gasteiger partial charge is 0.341 e. The van der Waals surface area contributed by atoms with Gasteiger partial charge in [-0.15, -0.1) is 11.8 Å². The first kappa shape index (κ1) is 15.5. The predicted molar refractivity (Wildman–Crippen MR) is 76.7 cm³/mol. The van der Waals surface area contributed by atoms with Gasteiger partial charge >= 0.3 is 0 Å². The van der Waals surface area contributed by atoms with Gasteiger partial charge in [-0.3, -0.25) is 14.9 Å². The van der Waals surface area contributed by atoms with Crippen molar-refractivity contribution < 1.29 is 9.72 Å². The highest BCUT2D eigenvalue weighted by atomic mass is 32.2. The third kappa shape index (κ3) is 3.96. The van der Waals surface area contributed by atoms with Crippen LogP contribution in [0.15, 0.2) is 23.1 Å². The first-order valence-electron chi connectivity index (χ1n) is 5.94. The number of hydrogen-bond donors (Lipinski definition) is 0. The van der Waals surface area contributed by atoms with Gasteiger partial charge in [0.1, 0.15) is 5.56 Å². The molecule has 1 amide bonds. The molecular weight excluding hydrogens is 264 g/mol. The fourth-order valence-corrected chi connectivity index (χ4v) is 2.25. The summed E-state index contributed by atoms with van der Waals surface area (Å²) >= 11 is 1.45. The van der Waals surface area contributed by atoms with Gasteiger partial charge in [-0.25, -0.2) is 0 Å². The number of nitrogens with zero attached hydrogens (tertiary/aromatic N) is 2. The van der Waals surface area contributed by atoms with Crippen molar-refractivity contribution in [3.8, 4) is 0 Å². The van der Waals surface area contributed by atoms with E-state index in [1.165, 1.54) is 22.7 Å². The lowest BCUT2D eigenvalue weighted by molar-refractivity contribution is -0.385. The number of nitro benzene ring substituents is 1. The van der Waals surface area contributed by atoms with Crippen LogP contribution >= 0.6 is 11.8 Å². The van der Waals surface area contributed by atoms with Crippen LogP contribution < -0.4 is 0 Å². The van der Waals surface area contributed by atoms with E-state index in [4.69, 9.17) is 0 Å². The van der Waals surface area contributed by atoms with Crippen molar-refractivity contribution in [2.75, 3.05) is 19.8 Å². The van der Waals surface area contributed by atoms with Crippen molar-refractivity contribution in [2.45, 2.75) is 18.7 Å². The van der Waals surface area contributed by atoms with Gasteiger partial charge in [0, 0.05) is 24.6 Å². The molecule has 0 aliphatic carbocycles. The molecule has 0 spiro atoms. The van der Waals surface area contributed by atoms with Gasteiger partial charge in [-0.2, -0.15) is 0 Å². The zero-order chi connectivity index (χ0) is 14.6. The summed E-state index contributed by atoms with van der Waals surface area (Å²) in [4.78, 5) is 25.1. The molecule has 0 fully saturated rings. The maximum Gasteiger partial charge on any atom is 0.282 e. The Morgan fingerprint density at radius 1 is 1.47 bits per heavy atom. The summed E-state index contributed by atoms with van der Waals surface area (Å²) in [5, 5.41) is 11.0. The van der Waals surface area contributed by atoms with E-state index < -0.39 is 4.92 Å². The molecule has 0 unspecified atom stereocenters. The van der Waals surface area contributed by atoms with Gasteiger partial charge in [0.2, 0.25) is 0 Å². The molecule has 0 aliphatic rings. The number of nitro groups is 1. The van der Waals surface area contributed by atoms with E-state index in [1.54, 1.807) is 19.2 Å². The Morgan fingerprint density at radius 2 is 2.11 bits per heavy atom. The Bertz CT molecular complexity index is 489. The van der Waals surface area contributed by atoms with Gasteiger partial charge < -0.3 is 4.90 Å². The third-order valence-corrected chi connectivity index (χ3v) is 3.34. The minimum absolute atomic E-state index is 0.140. The molecule has 6 heteroatoms. The van der Waals surface area contributed by atoms with Crippen molar-refractivity contribution in [3.05, 3.63) is 33.9 Å². The summed E-state index contributed by atoms with van der Waals surface area (Å²) in [6, 6.07) is 4.63. The minimum Gasteiger partial charge on any atom is -0.341 e. The normalized spacial score (nSPS) is 10.6. The lowest BCUT2D eigenvalue weighted by Crippen LogP contribution is -2.30. The molecule has 5 nitrogen and oxygen atoms in total. The van der Waals surface area contributed by atoms with E-state index >= 15 is 0 Å². The standard InChI is InChI=1S/C13H18N2O3S/c1-9(2)8-14(3)13(16)11-7-10(19-4)5-6-12(11)15(17)18/h5-7,9H,8H2,1-4H3. The summed E-state index contributed by atoms with van der Waals surface area (Å²) in [6.45, 7) is 4.56. The lowest BCUT2D eigenvalue weighted by atomic mass is 10.1. The third-order valence-electron chi connectivity index (χ3n) is 2.62. The Kier molecular flexibility index (Phi) is 5.35. The molecule has 1 aromatic rings. The molecule has 0 saturated heterocycles. The Labute approximate surface area is 117 Å². The summed E-state index contributed by atoms with van der Waals surface area (Å²) in [5.41, 5.74) is 0.0124. The maximum atomic E-state index is 12.3. The van der Waals surface area contributed by atoms with E-state index in [2.05, 4.69) is 0 Å². The number of amides is 1. The number of rotatable bonds is 5. The molecule has 0 aliphatic heterocycles. The van der Waals surface area contributed by atoms with E-state index in [0.717, 1.165) is 4.90 Å². The molecule has 1 rings (SSSR count). The molecule has 0 bridgehead atoms. The Hall–Kier alpha value is -1.56. The summed E-state index contributed by atoms with van der Waals surface area (Å²) in [6.07, 6.45) is 1.87. The van der Waals surface area contributed by atoms with Crippen LogP contribution in [0, 0.1) is 16.0 Å². The van der Waals surface area contributed by atoms with Crippen LogP contribution in [0.2, 0.25) is 0 Å². The minimum atomic E-state index is -0.513. The maximum absolute atomic E-state index is 12.3. The number of carbonyl (C=O) groups is 1. The Balaban J connectivity index is 3.15. The molecule has 0 saturated carbocycles. The quantitative estimate of drug-likeness (QED) is 0.473. The number of benzene rings is 1. The fraction of sp³-hybridized carbons (Fsp3) is 0.462. The first-order valence-corrected chi connectivity index (χ1v) is 7.17. The highest BCUT2D eigenvalue weighted by molar-refractivity contribution is 7.98. The van der Waals surface area contributed by atoms with Crippen molar-refractivity contribution in [3.63, 3.8) is 0 Å². The number of thioether (sulfide) groups is 1. The highest BCUT2D eigenvalue weighted by Gasteiger charge is 2.23. The van der Waals surface area contributed by atoms with Crippen LogP contribution in [-0.4, -0.2) is 35.6 Å². The van der Waals surface area contributed by atoms with Gasteiger partial charge in [0.05, 0.1) is 4.92 Å². The van der Waals surface area contributed by atoms with Crippen molar-refractivity contribution in [1.29, 1.82) is 0 Å². The van der Waals surface area contributed by atoms with Crippen molar-refractivity contribution in [2.24, 2.45) is 5.92 Å². The summed E-state index contributed by atoms with van der Waals surface area (Å²) in [7, 11) is 1.66. The Morgan fingerprint density at radius 3 is 2.58 bits per heavy atom. The van der Waals surface area contributed by atoms with E-state index in [1.807, 2.05) is 20.1 Å².